The van der Waals surface area contributed by atoms with Crippen LogP contribution in [0.4, 0.5) is 0 Å². The maximum Gasteiger partial charge on any atom is 0.0331 e. The van der Waals surface area contributed by atoms with Crippen LogP contribution in [0.1, 0.15) is 57.6 Å². The Labute approximate surface area is 128 Å². The van der Waals surface area contributed by atoms with Crippen molar-refractivity contribution in [2.45, 2.75) is 52.0 Å². The van der Waals surface area contributed by atoms with Crippen LogP contribution in [-0.4, -0.2) is 6.54 Å². The summed E-state index contributed by atoms with van der Waals surface area (Å²) >= 11 is 7.22. The molecule has 1 aromatic rings. The highest BCUT2D eigenvalue weighted by atomic mass is 79.9. The molecule has 0 spiro atoms. The third kappa shape index (κ3) is 5.41. The molecule has 0 bridgehead atoms. The van der Waals surface area contributed by atoms with Crippen LogP contribution in [0, 0.1) is 0 Å². The minimum absolute atomic E-state index is 0.457. The van der Waals surface area contributed by atoms with Gasteiger partial charge in [-0.05, 0) is 36.7 Å². The Morgan fingerprint density at radius 1 is 1.11 bits per heavy atom. The summed E-state index contributed by atoms with van der Waals surface area (Å²) in [6, 6.07) is 6.87. The van der Waals surface area contributed by atoms with Crippen LogP contribution in [-0.2, 0) is 0 Å². The van der Waals surface area contributed by atoms with E-state index >= 15 is 0 Å². The first kappa shape index (κ1) is 16.2. The van der Waals surface area contributed by atoms with Gasteiger partial charge in [-0.25, -0.2) is 0 Å². The molecular weight excluding hydrogens is 354 g/mol. The van der Waals surface area contributed by atoms with E-state index in [2.05, 4.69) is 69.2 Å². The molecule has 1 aromatic carbocycles. The molecule has 0 amide bonds. The van der Waals surface area contributed by atoms with E-state index in [1.807, 2.05) is 0 Å². The van der Waals surface area contributed by atoms with Crippen molar-refractivity contribution in [2.75, 3.05) is 6.54 Å². The Morgan fingerprint density at radius 3 is 2.56 bits per heavy atom. The molecule has 0 aliphatic carbocycles. The average Bonchev–Trinajstić information content (AvgIpc) is 2.36. The smallest absolute Gasteiger partial charge is 0.0331 e. The Morgan fingerprint density at radius 2 is 1.89 bits per heavy atom. The number of hydrogen-bond donors (Lipinski definition) is 1. The fourth-order valence-electron chi connectivity index (χ4n) is 2.17. The zero-order valence-electron chi connectivity index (χ0n) is 11.3. The van der Waals surface area contributed by atoms with Gasteiger partial charge in [0.25, 0.3) is 0 Å². The molecule has 0 saturated heterocycles. The van der Waals surface area contributed by atoms with Crippen LogP contribution in [0.5, 0.6) is 0 Å². The molecule has 102 valence electrons. The minimum Gasteiger partial charge on any atom is -0.310 e. The summed E-state index contributed by atoms with van der Waals surface area (Å²) in [5, 5.41) is 3.59. The first-order valence-electron chi connectivity index (χ1n) is 6.87. The molecule has 1 nitrogen and oxygen atoms in total. The van der Waals surface area contributed by atoms with Gasteiger partial charge in [0.05, 0.1) is 0 Å². The van der Waals surface area contributed by atoms with Gasteiger partial charge >= 0.3 is 0 Å². The number of halogens is 2. The van der Waals surface area contributed by atoms with Gasteiger partial charge < -0.3 is 5.32 Å². The van der Waals surface area contributed by atoms with Crippen LogP contribution in [0.15, 0.2) is 27.1 Å². The quantitative estimate of drug-likeness (QED) is 0.562. The normalized spacial score (nSPS) is 12.7. The van der Waals surface area contributed by atoms with E-state index in [0.717, 1.165) is 11.0 Å². The molecule has 1 unspecified atom stereocenters. The molecular formula is C15H23Br2N. The SMILES string of the molecule is CCCCCCC(NCC)c1cc(Br)ccc1Br. The molecule has 1 atom stereocenters. The van der Waals surface area contributed by atoms with E-state index in [1.165, 1.54) is 42.1 Å². The summed E-state index contributed by atoms with van der Waals surface area (Å²) in [6.45, 7) is 5.44. The number of nitrogens with one attached hydrogen (secondary N) is 1. The molecule has 0 aromatic heterocycles. The van der Waals surface area contributed by atoms with Crippen LogP contribution in [0.25, 0.3) is 0 Å². The Balaban J connectivity index is 2.67. The van der Waals surface area contributed by atoms with Gasteiger partial charge in [-0.2, -0.15) is 0 Å². The summed E-state index contributed by atoms with van der Waals surface area (Å²) in [7, 11) is 0. The minimum atomic E-state index is 0.457. The van der Waals surface area contributed by atoms with Gasteiger partial charge in [0.1, 0.15) is 0 Å². The van der Waals surface area contributed by atoms with E-state index in [1.54, 1.807) is 0 Å². The Bertz CT molecular complexity index is 352. The molecule has 0 saturated carbocycles. The zero-order chi connectivity index (χ0) is 13.4. The van der Waals surface area contributed by atoms with Gasteiger partial charge in [0.2, 0.25) is 0 Å². The molecule has 1 rings (SSSR count). The number of unbranched alkanes of at least 4 members (excludes halogenated alkanes) is 3. The molecule has 1 N–H and O–H groups in total. The number of benzene rings is 1. The summed E-state index contributed by atoms with van der Waals surface area (Å²) in [6.07, 6.45) is 6.49. The molecule has 18 heavy (non-hydrogen) atoms. The molecule has 0 fully saturated rings. The van der Waals surface area contributed by atoms with Crippen molar-refractivity contribution in [3.8, 4) is 0 Å². The van der Waals surface area contributed by atoms with Gasteiger partial charge in [-0.3, -0.25) is 0 Å². The van der Waals surface area contributed by atoms with Crippen LogP contribution in [0.3, 0.4) is 0 Å². The second-order valence-electron chi connectivity index (χ2n) is 4.63. The highest BCUT2D eigenvalue weighted by molar-refractivity contribution is 9.11. The van der Waals surface area contributed by atoms with E-state index < -0.39 is 0 Å². The highest BCUT2D eigenvalue weighted by Crippen LogP contribution is 2.30. The summed E-state index contributed by atoms with van der Waals surface area (Å²) in [4.78, 5) is 0. The molecule has 0 radical (unpaired) electrons. The lowest BCUT2D eigenvalue weighted by molar-refractivity contribution is 0.480. The topological polar surface area (TPSA) is 12.0 Å². The highest BCUT2D eigenvalue weighted by Gasteiger charge is 2.13. The summed E-state index contributed by atoms with van der Waals surface area (Å²) < 4.78 is 2.35. The zero-order valence-corrected chi connectivity index (χ0v) is 14.5. The average molecular weight is 377 g/mol. The van der Waals surface area contributed by atoms with Gasteiger partial charge in [-0.15, -0.1) is 0 Å². The maximum absolute atomic E-state index is 3.66. The van der Waals surface area contributed by atoms with E-state index in [0.29, 0.717) is 6.04 Å². The largest absolute Gasteiger partial charge is 0.310 e. The summed E-state index contributed by atoms with van der Waals surface area (Å²) in [5.74, 6) is 0. The van der Waals surface area contributed by atoms with Gasteiger partial charge in [0, 0.05) is 15.0 Å². The van der Waals surface area contributed by atoms with Crippen molar-refractivity contribution >= 4 is 31.9 Å². The van der Waals surface area contributed by atoms with Crippen LogP contribution in [0.2, 0.25) is 0 Å². The molecule has 0 aliphatic heterocycles. The fourth-order valence-corrected chi connectivity index (χ4v) is 3.07. The van der Waals surface area contributed by atoms with Crippen molar-refractivity contribution in [1.82, 2.24) is 5.32 Å². The predicted molar refractivity (Wildman–Crippen MR) is 87.0 cm³/mol. The van der Waals surface area contributed by atoms with Crippen molar-refractivity contribution in [3.05, 3.63) is 32.7 Å². The number of rotatable bonds is 8. The van der Waals surface area contributed by atoms with Gasteiger partial charge in [0.15, 0.2) is 0 Å². The molecule has 3 heteroatoms. The van der Waals surface area contributed by atoms with Crippen LogP contribution >= 0.6 is 31.9 Å². The standard InChI is InChI=1S/C15H23Br2N/c1-3-5-6-7-8-15(18-4-2)13-11-12(16)9-10-14(13)17/h9-11,15,18H,3-8H2,1-2H3. The van der Waals surface area contributed by atoms with Crippen molar-refractivity contribution in [2.24, 2.45) is 0 Å². The molecule has 0 aliphatic rings. The lowest BCUT2D eigenvalue weighted by atomic mass is 10.00. The lowest BCUT2D eigenvalue weighted by Crippen LogP contribution is -2.21. The van der Waals surface area contributed by atoms with E-state index in [9.17, 15) is 0 Å². The first-order chi connectivity index (χ1) is 8.69. The predicted octanol–water partition coefficient (Wildman–Crippen LogP) is 5.83. The van der Waals surface area contributed by atoms with Crippen molar-refractivity contribution in [3.63, 3.8) is 0 Å². The maximum atomic E-state index is 3.66. The Hall–Kier alpha value is 0.140. The lowest BCUT2D eigenvalue weighted by Gasteiger charge is -2.20. The van der Waals surface area contributed by atoms with E-state index in [4.69, 9.17) is 0 Å². The first-order valence-corrected chi connectivity index (χ1v) is 8.46. The monoisotopic (exact) mass is 375 g/mol. The van der Waals surface area contributed by atoms with Crippen molar-refractivity contribution < 1.29 is 0 Å². The third-order valence-corrected chi connectivity index (χ3v) is 4.35. The second-order valence-corrected chi connectivity index (χ2v) is 6.40. The van der Waals surface area contributed by atoms with Gasteiger partial charge in [-0.1, -0.05) is 71.4 Å². The fraction of sp³-hybridized carbons (Fsp3) is 0.600. The second kappa shape index (κ2) is 9.11. The number of hydrogen-bond acceptors (Lipinski definition) is 1. The van der Waals surface area contributed by atoms with Crippen LogP contribution < -0.4 is 5.32 Å². The Kier molecular flexibility index (Phi) is 8.20. The third-order valence-electron chi connectivity index (χ3n) is 3.13. The molecule has 0 heterocycles. The summed E-state index contributed by atoms with van der Waals surface area (Å²) in [5.41, 5.74) is 1.36. The van der Waals surface area contributed by atoms with E-state index in [-0.39, 0.29) is 0 Å². The van der Waals surface area contributed by atoms with Crippen molar-refractivity contribution in [1.29, 1.82) is 0 Å².